The van der Waals surface area contributed by atoms with Gasteiger partial charge in [0.2, 0.25) is 5.91 Å². The quantitative estimate of drug-likeness (QED) is 0.0273. The first-order chi connectivity index (χ1) is 26.0. The van der Waals surface area contributed by atoms with Crippen molar-refractivity contribution in [3.63, 3.8) is 0 Å². The van der Waals surface area contributed by atoms with Gasteiger partial charge in [0.15, 0.2) is 6.29 Å². The van der Waals surface area contributed by atoms with Crippen molar-refractivity contribution in [2.24, 2.45) is 0 Å². The third-order valence-electron chi connectivity index (χ3n) is 10.5. The van der Waals surface area contributed by atoms with Crippen LogP contribution in [0.4, 0.5) is 0 Å². The number of carbonyl (C=O) groups excluding carboxylic acids is 1. The molecule has 0 saturated carbocycles. The monoisotopic (exact) mass is 772 g/mol. The van der Waals surface area contributed by atoms with Crippen molar-refractivity contribution < 1.29 is 50.0 Å². The lowest BCUT2D eigenvalue weighted by Crippen LogP contribution is -2.60. The van der Waals surface area contributed by atoms with Gasteiger partial charge in [-0.3, -0.25) is 4.79 Å². The molecule has 1 rings (SSSR count). The fourth-order valence-corrected chi connectivity index (χ4v) is 6.85. The van der Waals surface area contributed by atoms with Crippen molar-refractivity contribution in [2.75, 3.05) is 13.2 Å². The van der Waals surface area contributed by atoms with Gasteiger partial charge in [0.25, 0.3) is 0 Å². The average Bonchev–Trinajstić information content (AvgIpc) is 3.15. The SMILES string of the molecule is CCCCCCCCCCCCCCCCC(O)C(=O)NC(COC1OC(CO)C(O)C(O)C1O)C(O)C=CCC=CC(C)(O)CCCCCCCCC. The number of carbonyl (C=O) groups is 1. The van der Waals surface area contributed by atoms with Crippen LogP contribution in [0.3, 0.4) is 0 Å². The largest absolute Gasteiger partial charge is 0.394 e. The first-order valence-corrected chi connectivity index (χ1v) is 21.6. The van der Waals surface area contributed by atoms with Gasteiger partial charge in [0.1, 0.15) is 30.5 Å². The van der Waals surface area contributed by atoms with Crippen molar-refractivity contribution >= 4 is 5.91 Å². The number of aliphatic hydroxyl groups is 7. The van der Waals surface area contributed by atoms with Gasteiger partial charge in [0, 0.05) is 0 Å². The molecule has 1 amide bonds. The lowest BCUT2D eigenvalue weighted by molar-refractivity contribution is -0.302. The highest BCUT2D eigenvalue weighted by atomic mass is 16.7. The number of ether oxygens (including phenoxy) is 2. The lowest BCUT2D eigenvalue weighted by atomic mass is 9.96. The smallest absolute Gasteiger partial charge is 0.249 e. The van der Waals surface area contributed by atoms with Crippen LogP contribution in [0.2, 0.25) is 0 Å². The maximum absolute atomic E-state index is 13.0. The van der Waals surface area contributed by atoms with E-state index >= 15 is 0 Å². The fourth-order valence-electron chi connectivity index (χ4n) is 6.85. The number of rotatable bonds is 34. The summed E-state index contributed by atoms with van der Waals surface area (Å²) in [5, 5.41) is 75.2. The summed E-state index contributed by atoms with van der Waals surface area (Å²) in [6.07, 6.45) is 23.2. The third-order valence-corrected chi connectivity index (χ3v) is 10.5. The standard InChI is InChI=1S/C43H81NO10/c1-4-6-8-10-12-13-14-15-16-17-18-19-21-24-29-36(47)41(51)44-34(33-53-42-40(50)39(49)38(48)37(32-45)54-42)35(46)28-25-23-27-31-43(3,52)30-26-22-20-11-9-7-5-2/h25,27-28,31,34-40,42,45-50,52H,4-24,26,29-30,32-33H2,1-3H3,(H,44,51). The summed E-state index contributed by atoms with van der Waals surface area (Å²) in [4.78, 5) is 13.0. The Morgan fingerprint density at radius 1 is 0.741 bits per heavy atom. The Labute approximate surface area is 327 Å². The van der Waals surface area contributed by atoms with Crippen LogP contribution < -0.4 is 5.32 Å². The predicted octanol–water partition coefficient (Wildman–Crippen LogP) is 6.28. The van der Waals surface area contributed by atoms with Gasteiger partial charge in [-0.05, 0) is 26.2 Å². The topological polar surface area (TPSA) is 189 Å². The Bertz CT molecular complexity index is 961. The molecule has 8 N–H and O–H groups in total. The number of aliphatic hydroxyl groups excluding tert-OH is 6. The van der Waals surface area contributed by atoms with Crippen LogP contribution in [-0.2, 0) is 14.3 Å². The van der Waals surface area contributed by atoms with E-state index in [4.69, 9.17) is 9.47 Å². The van der Waals surface area contributed by atoms with Crippen LogP contribution in [-0.4, -0.2) is 109 Å². The number of nitrogens with one attached hydrogen (secondary N) is 1. The van der Waals surface area contributed by atoms with Gasteiger partial charge in [-0.2, -0.15) is 0 Å². The maximum Gasteiger partial charge on any atom is 0.249 e. The number of hydrogen-bond acceptors (Lipinski definition) is 10. The second kappa shape index (κ2) is 31.6. The van der Waals surface area contributed by atoms with Gasteiger partial charge < -0.3 is 50.5 Å². The van der Waals surface area contributed by atoms with E-state index in [-0.39, 0.29) is 13.0 Å². The van der Waals surface area contributed by atoms with E-state index < -0.39 is 67.1 Å². The van der Waals surface area contributed by atoms with Crippen molar-refractivity contribution in [3.8, 4) is 0 Å². The van der Waals surface area contributed by atoms with Crippen LogP contribution in [0, 0.1) is 0 Å². The molecule has 0 aromatic rings. The molecule has 1 aliphatic heterocycles. The summed E-state index contributed by atoms with van der Waals surface area (Å²) in [5.74, 6) is -0.666. The summed E-state index contributed by atoms with van der Waals surface area (Å²) in [5.41, 5.74) is -0.936. The molecule has 0 aromatic heterocycles. The summed E-state index contributed by atoms with van der Waals surface area (Å²) in [6, 6.07) is -1.06. The fraction of sp³-hybridized carbons (Fsp3) is 0.884. The molecule has 9 unspecified atom stereocenters. The van der Waals surface area contributed by atoms with Gasteiger partial charge >= 0.3 is 0 Å². The van der Waals surface area contributed by atoms with Crippen molar-refractivity contribution in [1.29, 1.82) is 0 Å². The van der Waals surface area contributed by atoms with E-state index in [9.17, 15) is 40.5 Å². The zero-order chi connectivity index (χ0) is 40.0. The number of unbranched alkanes of at least 4 members (excludes halogenated alkanes) is 19. The molecular formula is C43H81NO10. The third kappa shape index (κ3) is 23.6. The molecule has 318 valence electrons. The molecule has 54 heavy (non-hydrogen) atoms. The summed E-state index contributed by atoms with van der Waals surface area (Å²) in [7, 11) is 0. The highest BCUT2D eigenvalue weighted by molar-refractivity contribution is 5.80. The Morgan fingerprint density at radius 3 is 1.76 bits per heavy atom. The van der Waals surface area contributed by atoms with E-state index in [1.807, 2.05) is 6.08 Å². The summed E-state index contributed by atoms with van der Waals surface area (Å²) in [6.45, 7) is 5.24. The van der Waals surface area contributed by atoms with Crippen LogP contribution in [0.5, 0.6) is 0 Å². The average molecular weight is 772 g/mol. The van der Waals surface area contributed by atoms with Crippen molar-refractivity contribution in [3.05, 3.63) is 24.3 Å². The predicted molar refractivity (Wildman–Crippen MR) is 215 cm³/mol. The van der Waals surface area contributed by atoms with E-state index in [1.165, 1.54) is 102 Å². The number of allylic oxidation sites excluding steroid dienone is 2. The zero-order valence-corrected chi connectivity index (χ0v) is 34.2. The minimum Gasteiger partial charge on any atom is -0.394 e. The lowest BCUT2D eigenvalue weighted by Gasteiger charge is -2.40. The Balaban J connectivity index is 2.60. The minimum absolute atomic E-state index is 0.277. The van der Waals surface area contributed by atoms with Crippen LogP contribution in [0.1, 0.15) is 175 Å². The van der Waals surface area contributed by atoms with Gasteiger partial charge in [-0.15, -0.1) is 0 Å². The van der Waals surface area contributed by atoms with E-state index in [2.05, 4.69) is 19.2 Å². The van der Waals surface area contributed by atoms with Gasteiger partial charge in [0.05, 0.1) is 31.0 Å². The van der Waals surface area contributed by atoms with E-state index in [0.717, 1.165) is 32.1 Å². The van der Waals surface area contributed by atoms with Crippen molar-refractivity contribution in [2.45, 2.75) is 229 Å². The van der Waals surface area contributed by atoms with Gasteiger partial charge in [-0.25, -0.2) is 0 Å². The molecule has 1 saturated heterocycles. The molecule has 11 nitrogen and oxygen atoms in total. The molecule has 0 bridgehead atoms. The highest BCUT2D eigenvalue weighted by Gasteiger charge is 2.44. The summed E-state index contributed by atoms with van der Waals surface area (Å²) >= 11 is 0. The molecule has 1 heterocycles. The van der Waals surface area contributed by atoms with Crippen LogP contribution >= 0.6 is 0 Å². The first-order valence-electron chi connectivity index (χ1n) is 21.6. The maximum atomic E-state index is 13.0. The Hall–Kier alpha value is -1.41. The number of hydrogen-bond donors (Lipinski definition) is 8. The first kappa shape index (κ1) is 50.6. The second-order valence-electron chi connectivity index (χ2n) is 15.8. The molecule has 0 aromatic carbocycles. The molecule has 1 fully saturated rings. The molecular weight excluding hydrogens is 690 g/mol. The normalized spacial score (nSPS) is 23.5. The minimum atomic E-state index is -1.64. The highest BCUT2D eigenvalue weighted by Crippen LogP contribution is 2.23. The summed E-state index contributed by atoms with van der Waals surface area (Å²) < 4.78 is 11.1. The molecule has 9 atom stereocenters. The van der Waals surface area contributed by atoms with Crippen molar-refractivity contribution in [1.82, 2.24) is 5.32 Å². The molecule has 1 aliphatic rings. The van der Waals surface area contributed by atoms with Gasteiger partial charge in [-0.1, -0.05) is 173 Å². The van der Waals surface area contributed by atoms with E-state index in [1.54, 1.807) is 19.1 Å². The molecule has 0 spiro atoms. The molecule has 11 heteroatoms. The molecule has 0 aliphatic carbocycles. The molecule has 0 radical (unpaired) electrons. The Kier molecular flexibility index (Phi) is 29.7. The van der Waals surface area contributed by atoms with E-state index in [0.29, 0.717) is 19.3 Å². The number of amides is 1. The van der Waals surface area contributed by atoms with Crippen LogP contribution in [0.15, 0.2) is 24.3 Å². The zero-order valence-electron chi connectivity index (χ0n) is 34.2. The Morgan fingerprint density at radius 2 is 1.24 bits per heavy atom. The second-order valence-corrected chi connectivity index (χ2v) is 15.8. The van der Waals surface area contributed by atoms with Crippen LogP contribution in [0.25, 0.3) is 0 Å².